The van der Waals surface area contributed by atoms with Crippen LogP contribution in [0.5, 0.6) is 0 Å². The topological polar surface area (TPSA) is 51.6 Å². The Morgan fingerprint density at radius 3 is 2.37 bits per heavy atom. The minimum Gasteiger partial charge on any atom is -0.400 e. The van der Waals surface area contributed by atoms with Crippen LogP contribution in [-0.4, -0.2) is 35.0 Å². The Morgan fingerprint density at radius 2 is 1.89 bits per heavy atom. The molecule has 1 saturated heterocycles. The standard InChI is InChI=1S/C14H20BNO3/c1-13(2)14(3,4)19-15(18-13)11(10-17)9-12-7-5-6-8-16-12/h5-9,17H,10H2,1-4H3. The molecule has 0 radical (unpaired) electrons. The van der Waals surface area contributed by atoms with Crippen molar-refractivity contribution in [1.82, 2.24) is 4.98 Å². The molecule has 0 amide bonds. The highest BCUT2D eigenvalue weighted by atomic mass is 16.7. The third kappa shape index (κ3) is 2.89. The predicted molar refractivity (Wildman–Crippen MR) is 75.4 cm³/mol. The lowest BCUT2D eigenvalue weighted by Gasteiger charge is -2.32. The number of aromatic nitrogens is 1. The molecule has 19 heavy (non-hydrogen) atoms. The van der Waals surface area contributed by atoms with Gasteiger partial charge in [-0.15, -0.1) is 0 Å². The number of pyridine rings is 1. The second-order valence-electron chi connectivity index (χ2n) is 5.72. The van der Waals surface area contributed by atoms with Gasteiger partial charge in [-0.05, 0) is 51.4 Å². The smallest absolute Gasteiger partial charge is 0.400 e. The molecule has 2 heterocycles. The molecule has 5 heteroatoms. The zero-order chi connectivity index (χ0) is 14.1. The molecule has 1 aliphatic heterocycles. The summed E-state index contributed by atoms with van der Waals surface area (Å²) in [7, 11) is -0.531. The molecule has 1 N–H and O–H groups in total. The van der Waals surface area contributed by atoms with Crippen LogP contribution in [0.15, 0.2) is 29.9 Å². The second-order valence-corrected chi connectivity index (χ2v) is 5.72. The monoisotopic (exact) mass is 261 g/mol. The molecule has 0 aliphatic carbocycles. The molecule has 102 valence electrons. The van der Waals surface area contributed by atoms with E-state index in [4.69, 9.17) is 9.31 Å². The van der Waals surface area contributed by atoms with Crippen LogP contribution < -0.4 is 0 Å². The van der Waals surface area contributed by atoms with Gasteiger partial charge in [0.15, 0.2) is 0 Å². The van der Waals surface area contributed by atoms with Crippen LogP contribution in [-0.2, 0) is 9.31 Å². The van der Waals surface area contributed by atoms with Crippen LogP contribution >= 0.6 is 0 Å². The highest BCUT2D eigenvalue weighted by Crippen LogP contribution is 2.38. The van der Waals surface area contributed by atoms with Crippen molar-refractivity contribution >= 4 is 13.2 Å². The minimum atomic E-state index is -0.531. The molecule has 1 aliphatic rings. The third-order valence-corrected chi connectivity index (χ3v) is 3.76. The van der Waals surface area contributed by atoms with Crippen LogP contribution in [0.3, 0.4) is 0 Å². The van der Waals surface area contributed by atoms with Crippen molar-refractivity contribution < 1.29 is 14.4 Å². The van der Waals surface area contributed by atoms with Crippen molar-refractivity contribution in [3.63, 3.8) is 0 Å². The van der Waals surface area contributed by atoms with Gasteiger partial charge in [0.25, 0.3) is 0 Å². The molecule has 4 nitrogen and oxygen atoms in total. The van der Waals surface area contributed by atoms with Gasteiger partial charge in [-0.3, -0.25) is 4.98 Å². The molecule has 0 spiro atoms. The summed E-state index contributed by atoms with van der Waals surface area (Å²) < 4.78 is 11.8. The summed E-state index contributed by atoms with van der Waals surface area (Å²) in [5.41, 5.74) is 0.644. The van der Waals surface area contributed by atoms with Gasteiger partial charge in [-0.1, -0.05) is 6.07 Å². The lowest BCUT2D eigenvalue weighted by molar-refractivity contribution is 0.00578. The summed E-state index contributed by atoms with van der Waals surface area (Å²) in [6.07, 6.45) is 3.52. The van der Waals surface area contributed by atoms with Gasteiger partial charge in [-0.2, -0.15) is 0 Å². The van der Waals surface area contributed by atoms with E-state index < -0.39 is 18.3 Å². The van der Waals surface area contributed by atoms with Gasteiger partial charge in [0.05, 0.1) is 23.5 Å². The van der Waals surface area contributed by atoms with Crippen LogP contribution in [0.4, 0.5) is 0 Å². The number of nitrogens with zero attached hydrogens (tertiary/aromatic N) is 1. The molecular weight excluding hydrogens is 241 g/mol. The fraction of sp³-hybridized carbons (Fsp3) is 0.500. The Hall–Kier alpha value is -1.17. The Kier molecular flexibility index (Phi) is 3.81. The number of aliphatic hydroxyl groups excluding tert-OH is 1. The fourth-order valence-corrected chi connectivity index (χ4v) is 1.83. The van der Waals surface area contributed by atoms with E-state index in [-0.39, 0.29) is 6.61 Å². The average Bonchev–Trinajstić information content (AvgIpc) is 2.56. The number of rotatable bonds is 3. The van der Waals surface area contributed by atoms with Gasteiger partial charge in [0.2, 0.25) is 0 Å². The first kappa shape index (κ1) is 14.2. The molecule has 0 atom stereocenters. The van der Waals surface area contributed by atoms with E-state index in [1.807, 2.05) is 52.0 Å². The molecule has 1 aromatic rings. The average molecular weight is 261 g/mol. The molecule has 1 fully saturated rings. The van der Waals surface area contributed by atoms with E-state index in [9.17, 15) is 5.11 Å². The van der Waals surface area contributed by atoms with Crippen molar-refractivity contribution in [1.29, 1.82) is 0 Å². The second kappa shape index (κ2) is 5.08. The van der Waals surface area contributed by atoms with Crippen molar-refractivity contribution in [2.75, 3.05) is 6.61 Å². The molecule has 0 aromatic carbocycles. The van der Waals surface area contributed by atoms with Gasteiger partial charge in [0, 0.05) is 6.20 Å². The summed E-state index contributed by atoms with van der Waals surface area (Å²) in [5, 5.41) is 9.53. The van der Waals surface area contributed by atoms with Crippen molar-refractivity contribution in [3.05, 3.63) is 35.6 Å². The van der Waals surface area contributed by atoms with Gasteiger partial charge in [0.1, 0.15) is 0 Å². The summed E-state index contributed by atoms with van der Waals surface area (Å²) in [4.78, 5) is 4.21. The fourth-order valence-electron chi connectivity index (χ4n) is 1.83. The minimum absolute atomic E-state index is 0.118. The summed E-state index contributed by atoms with van der Waals surface area (Å²) >= 11 is 0. The summed E-state index contributed by atoms with van der Waals surface area (Å²) in [6.45, 7) is 7.84. The Bertz CT molecular complexity index is 455. The molecule has 0 saturated carbocycles. The lowest BCUT2D eigenvalue weighted by Crippen LogP contribution is -2.41. The molecule has 2 rings (SSSR count). The number of aliphatic hydroxyl groups is 1. The maximum Gasteiger partial charge on any atom is 0.492 e. The Labute approximate surface area is 114 Å². The highest BCUT2D eigenvalue weighted by molar-refractivity contribution is 6.55. The van der Waals surface area contributed by atoms with E-state index in [1.54, 1.807) is 6.20 Å². The lowest BCUT2D eigenvalue weighted by atomic mass is 9.78. The summed E-state index contributed by atoms with van der Waals surface area (Å²) in [6, 6.07) is 5.63. The normalized spacial score (nSPS) is 21.7. The summed E-state index contributed by atoms with van der Waals surface area (Å²) in [5.74, 6) is 0. The quantitative estimate of drug-likeness (QED) is 0.846. The van der Waals surface area contributed by atoms with E-state index in [2.05, 4.69) is 4.98 Å². The zero-order valence-corrected chi connectivity index (χ0v) is 11.9. The largest absolute Gasteiger partial charge is 0.492 e. The molecule has 0 unspecified atom stereocenters. The van der Waals surface area contributed by atoms with Crippen LogP contribution in [0.1, 0.15) is 33.4 Å². The zero-order valence-electron chi connectivity index (χ0n) is 11.9. The maximum atomic E-state index is 9.53. The first-order chi connectivity index (χ1) is 8.86. The number of hydrogen-bond donors (Lipinski definition) is 1. The highest BCUT2D eigenvalue weighted by Gasteiger charge is 2.52. The number of hydrogen-bond acceptors (Lipinski definition) is 4. The Morgan fingerprint density at radius 1 is 1.26 bits per heavy atom. The van der Waals surface area contributed by atoms with E-state index in [0.29, 0.717) is 5.47 Å². The first-order valence-corrected chi connectivity index (χ1v) is 6.44. The van der Waals surface area contributed by atoms with E-state index >= 15 is 0 Å². The van der Waals surface area contributed by atoms with Crippen molar-refractivity contribution in [3.8, 4) is 0 Å². The predicted octanol–water partition coefficient (Wildman–Crippen LogP) is 2.09. The third-order valence-electron chi connectivity index (χ3n) is 3.76. The molecular formula is C14H20BNO3. The van der Waals surface area contributed by atoms with Crippen molar-refractivity contribution in [2.24, 2.45) is 0 Å². The SMILES string of the molecule is CC1(C)OB(C(=Cc2ccccn2)CO)OC1(C)C. The van der Waals surface area contributed by atoms with Crippen LogP contribution in [0.2, 0.25) is 0 Å². The van der Waals surface area contributed by atoms with Crippen LogP contribution in [0.25, 0.3) is 6.08 Å². The van der Waals surface area contributed by atoms with E-state index in [1.165, 1.54) is 0 Å². The first-order valence-electron chi connectivity index (χ1n) is 6.44. The van der Waals surface area contributed by atoms with Crippen LogP contribution in [0, 0.1) is 0 Å². The van der Waals surface area contributed by atoms with Gasteiger partial charge < -0.3 is 14.4 Å². The van der Waals surface area contributed by atoms with Crippen molar-refractivity contribution in [2.45, 2.75) is 38.9 Å². The van der Waals surface area contributed by atoms with Gasteiger partial charge >= 0.3 is 7.12 Å². The Balaban J connectivity index is 2.23. The van der Waals surface area contributed by atoms with Gasteiger partial charge in [-0.25, -0.2) is 0 Å². The molecule has 1 aromatic heterocycles. The maximum absolute atomic E-state index is 9.53. The van der Waals surface area contributed by atoms with E-state index in [0.717, 1.165) is 5.69 Å². The molecule has 0 bridgehead atoms.